The van der Waals surface area contributed by atoms with Crippen molar-refractivity contribution in [2.45, 2.75) is 13.3 Å². The average Bonchev–Trinajstić information content (AvgIpc) is 3.15. The zero-order valence-electron chi connectivity index (χ0n) is 13.7. The number of benzene rings is 2. The lowest BCUT2D eigenvalue weighted by molar-refractivity contribution is -0.116. The second-order valence-corrected chi connectivity index (χ2v) is 5.41. The van der Waals surface area contributed by atoms with Gasteiger partial charge in [-0.25, -0.2) is 8.78 Å². The number of nitrogens with zero attached hydrogens (tertiary/aromatic N) is 4. The van der Waals surface area contributed by atoms with Crippen LogP contribution in [0.4, 0.5) is 8.78 Å². The van der Waals surface area contributed by atoms with E-state index in [0.29, 0.717) is 5.56 Å². The number of halogens is 2. The first kappa shape index (κ1) is 17.4. The van der Waals surface area contributed by atoms with Crippen molar-refractivity contribution < 1.29 is 13.6 Å². The van der Waals surface area contributed by atoms with Crippen molar-refractivity contribution in [1.82, 2.24) is 25.5 Å². The average molecular weight is 355 g/mol. The van der Waals surface area contributed by atoms with Gasteiger partial charge in [-0.3, -0.25) is 4.79 Å². The van der Waals surface area contributed by atoms with Crippen molar-refractivity contribution in [1.29, 1.82) is 0 Å². The summed E-state index contributed by atoms with van der Waals surface area (Å²) in [5, 5.41) is 14.2. The molecule has 0 aliphatic heterocycles. The highest BCUT2D eigenvalue weighted by Gasteiger charge is 2.13. The Balaban J connectivity index is 2.02. The fraction of sp³-hybridized carbons (Fsp3) is 0.111. The second-order valence-electron chi connectivity index (χ2n) is 5.41. The van der Waals surface area contributed by atoms with Gasteiger partial charge in [-0.15, -0.1) is 15.0 Å². The molecule has 1 N–H and O–H groups in total. The molecule has 0 saturated heterocycles. The van der Waals surface area contributed by atoms with E-state index < -0.39 is 6.80 Å². The molecule has 6 nitrogen and oxygen atoms in total. The first-order valence-electron chi connectivity index (χ1n) is 7.74. The van der Waals surface area contributed by atoms with Crippen molar-refractivity contribution in [3.63, 3.8) is 0 Å². The highest BCUT2D eigenvalue weighted by Crippen LogP contribution is 2.28. The summed E-state index contributed by atoms with van der Waals surface area (Å²) in [7, 11) is 0. The highest BCUT2D eigenvalue weighted by molar-refractivity contribution is 5.87. The number of carbonyl (C=O) groups excluding carboxylic acids is 1. The van der Waals surface area contributed by atoms with Crippen molar-refractivity contribution in [2.24, 2.45) is 0 Å². The molecular weight excluding hydrogens is 340 g/mol. The largest absolute Gasteiger partial charge is 0.348 e. The van der Waals surface area contributed by atoms with E-state index in [1.807, 2.05) is 6.07 Å². The molecule has 26 heavy (non-hydrogen) atoms. The zero-order chi connectivity index (χ0) is 18.5. The molecule has 0 spiro atoms. The fourth-order valence-electron chi connectivity index (χ4n) is 2.42. The normalized spacial score (nSPS) is 10.5. The van der Waals surface area contributed by atoms with E-state index in [-0.39, 0.29) is 24.1 Å². The highest BCUT2D eigenvalue weighted by atomic mass is 19.1. The number of nitrogens with one attached hydrogen (secondary N) is 1. The van der Waals surface area contributed by atoms with Gasteiger partial charge < -0.3 is 5.32 Å². The Morgan fingerprint density at radius 3 is 2.58 bits per heavy atom. The van der Waals surface area contributed by atoms with Crippen LogP contribution in [-0.4, -0.2) is 26.1 Å². The molecule has 3 aromatic rings. The molecular formula is C18H15F2N5O. The molecule has 0 saturated carbocycles. The van der Waals surface area contributed by atoms with Gasteiger partial charge in [0.1, 0.15) is 5.82 Å². The van der Waals surface area contributed by atoms with Gasteiger partial charge in [0.15, 0.2) is 0 Å². The van der Waals surface area contributed by atoms with E-state index in [4.69, 9.17) is 0 Å². The standard InChI is InChI=1S/C18H15F2N5O/c1-2-17(26)21-10-14-4-3-13(12-5-7-15(20)8-6-12)9-16(14)18-22-24-25(11-19)23-18/h2-9H,1,10-11H2,(H,21,26). The van der Waals surface area contributed by atoms with Crippen LogP contribution in [0.5, 0.6) is 0 Å². The molecule has 132 valence electrons. The predicted molar refractivity (Wildman–Crippen MR) is 91.8 cm³/mol. The number of rotatable bonds is 6. The number of hydrogen-bond donors (Lipinski definition) is 1. The zero-order valence-corrected chi connectivity index (χ0v) is 13.7. The molecule has 2 aromatic carbocycles. The minimum absolute atomic E-state index is 0.216. The molecule has 1 aromatic heterocycles. The summed E-state index contributed by atoms with van der Waals surface area (Å²) >= 11 is 0. The Morgan fingerprint density at radius 2 is 1.92 bits per heavy atom. The Hall–Kier alpha value is -3.42. The fourth-order valence-corrected chi connectivity index (χ4v) is 2.42. The van der Waals surface area contributed by atoms with Crippen LogP contribution < -0.4 is 5.32 Å². The molecule has 1 amide bonds. The summed E-state index contributed by atoms with van der Waals surface area (Å²) in [6.45, 7) is 2.73. The lowest BCUT2D eigenvalue weighted by atomic mass is 9.98. The maximum absolute atomic E-state index is 13.1. The van der Waals surface area contributed by atoms with E-state index in [1.165, 1.54) is 18.2 Å². The van der Waals surface area contributed by atoms with Crippen LogP contribution in [0.3, 0.4) is 0 Å². The number of alkyl halides is 1. The van der Waals surface area contributed by atoms with E-state index >= 15 is 0 Å². The summed E-state index contributed by atoms with van der Waals surface area (Å²) in [4.78, 5) is 12.3. The monoisotopic (exact) mass is 355 g/mol. The van der Waals surface area contributed by atoms with Gasteiger partial charge in [0.25, 0.3) is 0 Å². The maximum Gasteiger partial charge on any atom is 0.243 e. The lowest BCUT2D eigenvalue weighted by Gasteiger charge is -2.10. The van der Waals surface area contributed by atoms with Crippen molar-refractivity contribution in [2.75, 3.05) is 0 Å². The SMILES string of the molecule is C=CC(=O)NCc1ccc(-c2ccc(F)cc2)cc1-c1nnn(CF)n1. The molecule has 0 radical (unpaired) electrons. The molecule has 3 rings (SSSR count). The van der Waals surface area contributed by atoms with Gasteiger partial charge in [-0.05, 0) is 46.2 Å². The minimum atomic E-state index is -0.896. The molecule has 0 fully saturated rings. The predicted octanol–water partition coefficient (Wildman–Crippen LogP) is 2.88. The third kappa shape index (κ3) is 3.80. The van der Waals surface area contributed by atoms with Gasteiger partial charge in [-0.1, -0.05) is 30.8 Å². The smallest absolute Gasteiger partial charge is 0.243 e. The summed E-state index contributed by atoms with van der Waals surface area (Å²) in [5.41, 5.74) is 2.92. The lowest BCUT2D eigenvalue weighted by Crippen LogP contribution is -2.20. The van der Waals surface area contributed by atoms with Crippen LogP contribution in [0, 0.1) is 5.82 Å². The van der Waals surface area contributed by atoms with Crippen LogP contribution in [0.1, 0.15) is 5.56 Å². The van der Waals surface area contributed by atoms with Crippen LogP contribution in [0.25, 0.3) is 22.5 Å². The molecule has 8 heteroatoms. The van der Waals surface area contributed by atoms with E-state index in [1.54, 1.807) is 24.3 Å². The van der Waals surface area contributed by atoms with Gasteiger partial charge in [-0.2, -0.15) is 0 Å². The van der Waals surface area contributed by atoms with Crippen LogP contribution in [0.15, 0.2) is 55.1 Å². The van der Waals surface area contributed by atoms with Crippen molar-refractivity contribution in [3.05, 3.63) is 66.5 Å². The van der Waals surface area contributed by atoms with E-state index in [9.17, 15) is 13.6 Å². The minimum Gasteiger partial charge on any atom is -0.348 e. The van der Waals surface area contributed by atoms with Crippen LogP contribution in [0.2, 0.25) is 0 Å². The van der Waals surface area contributed by atoms with Gasteiger partial charge >= 0.3 is 0 Å². The van der Waals surface area contributed by atoms with Gasteiger partial charge in [0.2, 0.25) is 18.5 Å². The maximum atomic E-state index is 13.1. The summed E-state index contributed by atoms with van der Waals surface area (Å²) in [6.07, 6.45) is 1.17. The Kier molecular flexibility index (Phi) is 5.12. The first-order chi connectivity index (χ1) is 12.6. The summed E-state index contributed by atoms with van der Waals surface area (Å²) in [6, 6.07) is 11.5. The second kappa shape index (κ2) is 7.64. The number of hydrogen-bond acceptors (Lipinski definition) is 4. The molecule has 1 heterocycles. The molecule has 0 unspecified atom stereocenters. The number of amides is 1. The van der Waals surface area contributed by atoms with Crippen molar-refractivity contribution >= 4 is 5.91 Å². The third-order valence-electron chi connectivity index (χ3n) is 3.73. The molecule has 0 aliphatic rings. The van der Waals surface area contributed by atoms with Crippen LogP contribution in [-0.2, 0) is 18.1 Å². The third-order valence-corrected chi connectivity index (χ3v) is 3.73. The quantitative estimate of drug-likeness (QED) is 0.690. The summed E-state index contributed by atoms with van der Waals surface area (Å²) in [5.74, 6) is -0.418. The van der Waals surface area contributed by atoms with E-state index in [2.05, 4.69) is 27.3 Å². The Labute approximate surface area is 148 Å². The Bertz CT molecular complexity index is 937. The molecule has 0 bridgehead atoms. The van der Waals surface area contributed by atoms with Crippen molar-refractivity contribution in [3.8, 4) is 22.5 Å². The number of tetrazole rings is 1. The van der Waals surface area contributed by atoms with Crippen LogP contribution >= 0.6 is 0 Å². The summed E-state index contributed by atoms with van der Waals surface area (Å²) < 4.78 is 25.9. The number of aromatic nitrogens is 4. The van der Waals surface area contributed by atoms with Gasteiger partial charge in [0, 0.05) is 12.1 Å². The van der Waals surface area contributed by atoms with E-state index in [0.717, 1.165) is 21.5 Å². The van der Waals surface area contributed by atoms with Gasteiger partial charge in [0.05, 0.1) is 0 Å². The first-order valence-corrected chi connectivity index (χ1v) is 7.74. The topological polar surface area (TPSA) is 72.7 Å². The number of carbonyl (C=O) groups is 1. The Morgan fingerprint density at radius 1 is 1.19 bits per heavy atom. The molecule has 0 aliphatic carbocycles. The molecule has 0 atom stereocenters.